The molecule has 0 aromatic heterocycles. The first-order chi connectivity index (χ1) is 12.6. The average molecular weight is 363 g/mol. The van der Waals surface area contributed by atoms with Crippen molar-refractivity contribution in [3.63, 3.8) is 0 Å². The molecule has 1 saturated heterocycles. The molecule has 0 bridgehead atoms. The number of amides is 2. The standard InChI is InChI=1S/C18H25N3O5/c1-13-18(23)21(6-5-20-7-9-25-10-8-20)15-4-3-14(11-16(15)26-13)19-17(22)12-24-2/h3-4,11,13H,5-10,12H2,1-2H3,(H,19,22). The molecule has 1 N–H and O–H groups in total. The van der Waals surface area contributed by atoms with E-state index in [9.17, 15) is 9.59 Å². The Morgan fingerprint density at radius 3 is 2.81 bits per heavy atom. The highest BCUT2D eigenvalue weighted by Gasteiger charge is 2.32. The minimum Gasteiger partial charge on any atom is -0.479 e. The molecule has 1 aromatic rings. The van der Waals surface area contributed by atoms with Gasteiger partial charge < -0.3 is 24.4 Å². The highest BCUT2D eigenvalue weighted by atomic mass is 16.5. The Hall–Kier alpha value is -2.16. The third-order valence-corrected chi connectivity index (χ3v) is 4.47. The van der Waals surface area contributed by atoms with Crippen molar-refractivity contribution >= 4 is 23.2 Å². The van der Waals surface area contributed by atoms with Crippen LogP contribution in [0.5, 0.6) is 5.75 Å². The summed E-state index contributed by atoms with van der Waals surface area (Å²) in [5, 5.41) is 2.75. The number of fused-ring (bicyclic) bond motifs is 1. The van der Waals surface area contributed by atoms with E-state index in [0.717, 1.165) is 38.5 Å². The van der Waals surface area contributed by atoms with Gasteiger partial charge in [-0.2, -0.15) is 0 Å². The molecule has 2 amide bonds. The first-order valence-corrected chi connectivity index (χ1v) is 8.79. The Morgan fingerprint density at radius 1 is 1.31 bits per heavy atom. The van der Waals surface area contributed by atoms with Gasteiger partial charge in [-0.25, -0.2) is 0 Å². The molecule has 2 aliphatic rings. The van der Waals surface area contributed by atoms with Crippen LogP contribution < -0.4 is 15.0 Å². The first-order valence-electron chi connectivity index (χ1n) is 8.79. The number of hydrogen-bond donors (Lipinski definition) is 1. The zero-order valence-electron chi connectivity index (χ0n) is 15.2. The second-order valence-corrected chi connectivity index (χ2v) is 6.37. The van der Waals surface area contributed by atoms with Crippen LogP contribution in [0.4, 0.5) is 11.4 Å². The molecule has 26 heavy (non-hydrogen) atoms. The van der Waals surface area contributed by atoms with Crippen LogP contribution in [0.2, 0.25) is 0 Å². The third-order valence-electron chi connectivity index (χ3n) is 4.47. The average Bonchev–Trinajstić information content (AvgIpc) is 2.63. The van der Waals surface area contributed by atoms with Gasteiger partial charge in [-0.3, -0.25) is 14.5 Å². The van der Waals surface area contributed by atoms with Gasteiger partial charge in [0.05, 0.1) is 18.9 Å². The summed E-state index contributed by atoms with van der Waals surface area (Å²) in [5.41, 5.74) is 1.34. The van der Waals surface area contributed by atoms with Crippen LogP contribution in [0.3, 0.4) is 0 Å². The van der Waals surface area contributed by atoms with Crippen molar-refractivity contribution in [2.75, 3.05) is 63.3 Å². The first kappa shape index (κ1) is 18.6. The number of methoxy groups -OCH3 is 1. The normalized spacial score (nSPS) is 20.5. The highest BCUT2D eigenvalue weighted by Crippen LogP contribution is 2.36. The maximum Gasteiger partial charge on any atom is 0.267 e. The van der Waals surface area contributed by atoms with E-state index < -0.39 is 6.10 Å². The summed E-state index contributed by atoms with van der Waals surface area (Å²) < 4.78 is 15.9. The van der Waals surface area contributed by atoms with Crippen LogP contribution in [0.15, 0.2) is 18.2 Å². The maximum absolute atomic E-state index is 12.6. The fourth-order valence-corrected chi connectivity index (χ4v) is 3.11. The van der Waals surface area contributed by atoms with Gasteiger partial charge in [-0.05, 0) is 19.1 Å². The number of benzene rings is 1. The summed E-state index contributed by atoms with van der Waals surface area (Å²) in [6.07, 6.45) is -0.558. The summed E-state index contributed by atoms with van der Waals surface area (Å²) in [6.45, 7) is 6.32. The molecule has 1 fully saturated rings. The number of ether oxygens (including phenoxy) is 3. The molecule has 1 aromatic carbocycles. The summed E-state index contributed by atoms with van der Waals surface area (Å²) in [4.78, 5) is 28.3. The predicted molar refractivity (Wildman–Crippen MR) is 96.6 cm³/mol. The van der Waals surface area contributed by atoms with E-state index in [1.54, 1.807) is 30.0 Å². The molecule has 8 heteroatoms. The van der Waals surface area contributed by atoms with Crippen molar-refractivity contribution in [3.8, 4) is 5.75 Å². The third kappa shape index (κ3) is 4.32. The van der Waals surface area contributed by atoms with E-state index >= 15 is 0 Å². The number of carbonyl (C=O) groups excluding carboxylic acids is 2. The van der Waals surface area contributed by atoms with E-state index in [1.165, 1.54) is 7.11 Å². The molecular formula is C18H25N3O5. The molecular weight excluding hydrogens is 338 g/mol. The second kappa shape index (κ2) is 8.48. The molecule has 0 saturated carbocycles. The van der Waals surface area contributed by atoms with Crippen LogP contribution in [0.1, 0.15) is 6.92 Å². The van der Waals surface area contributed by atoms with E-state index in [1.807, 2.05) is 0 Å². The van der Waals surface area contributed by atoms with E-state index in [-0.39, 0.29) is 18.4 Å². The van der Waals surface area contributed by atoms with Crippen molar-refractivity contribution < 1.29 is 23.8 Å². The Morgan fingerprint density at radius 2 is 2.08 bits per heavy atom. The number of nitrogens with one attached hydrogen (secondary N) is 1. The van der Waals surface area contributed by atoms with Gasteiger partial charge in [-0.15, -0.1) is 0 Å². The quantitative estimate of drug-likeness (QED) is 0.802. The van der Waals surface area contributed by atoms with Crippen molar-refractivity contribution in [2.45, 2.75) is 13.0 Å². The fourth-order valence-electron chi connectivity index (χ4n) is 3.11. The van der Waals surface area contributed by atoms with Gasteiger partial charge in [0, 0.05) is 45.0 Å². The molecule has 2 aliphatic heterocycles. The molecule has 142 valence electrons. The van der Waals surface area contributed by atoms with Gasteiger partial charge in [0.25, 0.3) is 5.91 Å². The Kier molecular flexibility index (Phi) is 6.08. The van der Waals surface area contributed by atoms with Gasteiger partial charge in [0.15, 0.2) is 6.10 Å². The summed E-state index contributed by atoms with van der Waals surface area (Å²) in [6, 6.07) is 5.31. The smallest absolute Gasteiger partial charge is 0.267 e. The lowest BCUT2D eigenvalue weighted by Crippen LogP contribution is -2.48. The minimum atomic E-state index is -0.558. The number of morpholine rings is 1. The fraction of sp³-hybridized carbons (Fsp3) is 0.556. The van der Waals surface area contributed by atoms with Gasteiger partial charge in [-0.1, -0.05) is 0 Å². The minimum absolute atomic E-state index is 0.0154. The number of rotatable bonds is 6. The summed E-state index contributed by atoms with van der Waals surface area (Å²) in [5.74, 6) is 0.299. The lowest BCUT2D eigenvalue weighted by molar-refractivity contribution is -0.125. The molecule has 1 unspecified atom stereocenters. The van der Waals surface area contributed by atoms with Crippen molar-refractivity contribution in [1.29, 1.82) is 0 Å². The van der Waals surface area contributed by atoms with Crippen LogP contribution in [-0.2, 0) is 19.1 Å². The SMILES string of the molecule is COCC(=O)Nc1ccc2c(c1)OC(C)C(=O)N2CCN1CCOCC1. The number of hydrogen-bond acceptors (Lipinski definition) is 6. The number of anilines is 2. The molecule has 1 atom stereocenters. The van der Waals surface area contributed by atoms with E-state index in [4.69, 9.17) is 14.2 Å². The van der Waals surface area contributed by atoms with Crippen LogP contribution >= 0.6 is 0 Å². The molecule has 0 spiro atoms. The molecule has 3 rings (SSSR count). The predicted octanol–water partition coefficient (Wildman–Crippen LogP) is 0.718. The lowest BCUT2D eigenvalue weighted by Gasteiger charge is -2.35. The van der Waals surface area contributed by atoms with Crippen molar-refractivity contribution in [2.24, 2.45) is 0 Å². The second-order valence-electron chi connectivity index (χ2n) is 6.37. The molecule has 0 radical (unpaired) electrons. The Bertz CT molecular complexity index is 660. The van der Waals surface area contributed by atoms with Gasteiger partial charge in [0.2, 0.25) is 5.91 Å². The van der Waals surface area contributed by atoms with Gasteiger partial charge >= 0.3 is 0 Å². The monoisotopic (exact) mass is 363 g/mol. The maximum atomic E-state index is 12.6. The van der Waals surface area contributed by atoms with Crippen LogP contribution in [0.25, 0.3) is 0 Å². The van der Waals surface area contributed by atoms with Crippen LogP contribution in [0, 0.1) is 0 Å². The zero-order valence-corrected chi connectivity index (χ0v) is 15.2. The Balaban J connectivity index is 1.72. The van der Waals surface area contributed by atoms with Gasteiger partial charge in [0.1, 0.15) is 12.4 Å². The zero-order chi connectivity index (χ0) is 18.5. The molecule has 2 heterocycles. The molecule has 8 nitrogen and oxygen atoms in total. The highest BCUT2D eigenvalue weighted by molar-refractivity contribution is 6.00. The summed E-state index contributed by atoms with van der Waals surface area (Å²) in [7, 11) is 1.47. The topological polar surface area (TPSA) is 80.3 Å². The Labute approximate surface area is 153 Å². The lowest BCUT2D eigenvalue weighted by atomic mass is 10.1. The van der Waals surface area contributed by atoms with Crippen molar-refractivity contribution in [1.82, 2.24) is 4.90 Å². The summed E-state index contributed by atoms with van der Waals surface area (Å²) >= 11 is 0. The van der Waals surface area contributed by atoms with E-state index in [0.29, 0.717) is 18.0 Å². The van der Waals surface area contributed by atoms with Crippen LogP contribution in [-0.4, -0.2) is 75.9 Å². The van der Waals surface area contributed by atoms with Crippen molar-refractivity contribution in [3.05, 3.63) is 18.2 Å². The number of nitrogens with zero attached hydrogens (tertiary/aromatic N) is 2. The molecule has 0 aliphatic carbocycles. The number of carbonyl (C=O) groups is 2. The largest absolute Gasteiger partial charge is 0.479 e. The van der Waals surface area contributed by atoms with E-state index in [2.05, 4.69) is 10.2 Å².